The topological polar surface area (TPSA) is 64.6 Å². The quantitative estimate of drug-likeness (QED) is 0.779. The van der Waals surface area contributed by atoms with Gasteiger partial charge in [-0.15, -0.1) is 0 Å². The second-order valence-electron chi connectivity index (χ2n) is 6.23. The third-order valence-corrected chi connectivity index (χ3v) is 5.08. The van der Waals surface area contributed by atoms with Crippen molar-refractivity contribution in [3.8, 4) is 5.75 Å². The molecule has 0 aliphatic carbocycles. The zero-order valence-electron chi connectivity index (χ0n) is 13.8. The van der Waals surface area contributed by atoms with Crippen LogP contribution in [0.15, 0.2) is 35.0 Å². The number of nitrogens with zero attached hydrogens (tertiary/aromatic N) is 1. The molecule has 1 aliphatic rings. The van der Waals surface area contributed by atoms with Gasteiger partial charge in [-0.25, -0.2) is 4.79 Å². The largest absolute Gasteiger partial charge is 0.508 e. The van der Waals surface area contributed by atoms with Gasteiger partial charge in [0.25, 0.3) is 0 Å². The van der Waals surface area contributed by atoms with Crippen LogP contribution in [0, 0.1) is 0 Å². The van der Waals surface area contributed by atoms with Crippen LogP contribution in [-0.2, 0) is 19.4 Å². The number of phenolic OH excluding ortho intramolecular Hbond substituents is 1. The van der Waals surface area contributed by atoms with Crippen LogP contribution in [0.4, 0.5) is 4.79 Å². The predicted molar refractivity (Wildman–Crippen MR) is 96.5 cm³/mol. The fraction of sp³-hybridized carbons (Fsp3) is 0.389. The van der Waals surface area contributed by atoms with E-state index in [1.807, 2.05) is 13.1 Å². The molecule has 128 valence electrons. The van der Waals surface area contributed by atoms with E-state index in [-0.39, 0.29) is 12.1 Å². The second-order valence-corrected chi connectivity index (χ2v) is 7.01. The molecule has 0 bridgehead atoms. The first-order valence-corrected chi connectivity index (χ1v) is 9.10. The van der Waals surface area contributed by atoms with Crippen molar-refractivity contribution < 1.29 is 9.90 Å². The summed E-state index contributed by atoms with van der Waals surface area (Å²) in [7, 11) is 1.83. The van der Waals surface area contributed by atoms with Crippen molar-refractivity contribution in [2.45, 2.75) is 25.4 Å². The number of nitrogens with one attached hydrogen (secondary N) is 2. The number of hydrogen-bond donors (Lipinski definition) is 3. The van der Waals surface area contributed by atoms with Gasteiger partial charge in [0.05, 0.1) is 0 Å². The summed E-state index contributed by atoms with van der Waals surface area (Å²) >= 11 is 1.68. The highest BCUT2D eigenvalue weighted by Gasteiger charge is 2.21. The predicted octanol–water partition coefficient (Wildman–Crippen LogP) is 2.35. The van der Waals surface area contributed by atoms with Crippen molar-refractivity contribution in [3.05, 3.63) is 51.7 Å². The first-order chi connectivity index (χ1) is 11.6. The van der Waals surface area contributed by atoms with Crippen molar-refractivity contribution in [3.63, 3.8) is 0 Å². The lowest BCUT2D eigenvalue weighted by Gasteiger charge is -2.30. The Morgan fingerprint density at radius 1 is 1.42 bits per heavy atom. The van der Waals surface area contributed by atoms with Crippen LogP contribution in [0.3, 0.4) is 0 Å². The molecule has 1 atom stereocenters. The summed E-state index contributed by atoms with van der Waals surface area (Å²) in [5.41, 5.74) is 3.63. The van der Waals surface area contributed by atoms with Crippen LogP contribution in [0.25, 0.3) is 0 Å². The summed E-state index contributed by atoms with van der Waals surface area (Å²) in [6.45, 7) is 2.03. The van der Waals surface area contributed by atoms with E-state index in [4.69, 9.17) is 0 Å². The lowest BCUT2D eigenvalue weighted by atomic mass is 9.95. The average molecular weight is 345 g/mol. The van der Waals surface area contributed by atoms with E-state index in [1.165, 1.54) is 11.1 Å². The van der Waals surface area contributed by atoms with Gasteiger partial charge in [0.1, 0.15) is 5.75 Å². The van der Waals surface area contributed by atoms with Crippen LogP contribution >= 0.6 is 11.3 Å². The minimum atomic E-state index is -0.0384. The van der Waals surface area contributed by atoms with E-state index in [1.54, 1.807) is 28.4 Å². The van der Waals surface area contributed by atoms with Gasteiger partial charge in [-0.1, -0.05) is 6.07 Å². The van der Waals surface area contributed by atoms with Gasteiger partial charge >= 0.3 is 6.03 Å². The maximum atomic E-state index is 12.2. The SMILES string of the molecule is CN(CC1Cc2ccc(O)cc2CN1)C(=O)NCCc1ccsc1. The summed E-state index contributed by atoms with van der Waals surface area (Å²) < 4.78 is 0. The number of amides is 2. The zero-order valence-corrected chi connectivity index (χ0v) is 14.6. The number of phenols is 1. The molecule has 3 N–H and O–H groups in total. The van der Waals surface area contributed by atoms with Crippen molar-refractivity contribution >= 4 is 17.4 Å². The third kappa shape index (κ3) is 4.27. The van der Waals surface area contributed by atoms with Gasteiger partial charge < -0.3 is 20.6 Å². The number of urea groups is 1. The van der Waals surface area contributed by atoms with Gasteiger partial charge in [-0.05, 0) is 58.5 Å². The Morgan fingerprint density at radius 2 is 2.29 bits per heavy atom. The van der Waals surface area contributed by atoms with Gasteiger partial charge in [0.2, 0.25) is 0 Å². The smallest absolute Gasteiger partial charge is 0.317 e. The van der Waals surface area contributed by atoms with Crippen molar-refractivity contribution in [1.29, 1.82) is 0 Å². The molecule has 0 saturated carbocycles. The fourth-order valence-electron chi connectivity index (χ4n) is 2.99. The van der Waals surface area contributed by atoms with Gasteiger partial charge in [0, 0.05) is 32.7 Å². The maximum absolute atomic E-state index is 12.2. The van der Waals surface area contributed by atoms with Gasteiger partial charge in [0.15, 0.2) is 0 Å². The normalized spacial score (nSPS) is 16.5. The lowest BCUT2D eigenvalue weighted by molar-refractivity contribution is 0.202. The molecule has 0 spiro atoms. The maximum Gasteiger partial charge on any atom is 0.317 e. The van der Waals surface area contributed by atoms with Gasteiger partial charge in [-0.3, -0.25) is 0 Å². The van der Waals surface area contributed by atoms with Crippen LogP contribution in [0.2, 0.25) is 0 Å². The molecule has 0 radical (unpaired) electrons. The molecule has 24 heavy (non-hydrogen) atoms. The number of carbonyl (C=O) groups is 1. The highest BCUT2D eigenvalue weighted by atomic mass is 32.1. The Hall–Kier alpha value is -2.05. The molecular formula is C18H23N3O2S. The molecule has 3 rings (SSSR count). The molecule has 0 fully saturated rings. The Balaban J connectivity index is 1.45. The Bertz CT molecular complexity index is 688. The highest BCUT2D eigenvalue weighted by molar-refractivity contribution is 7.07. The van der Waals surface area contributed by atoms with Crippen molar-refractivity contribution in [1.82, 2.24) is 15.5 Å². The summed E-state index contributed by atoms with van der Waals surface area (Å²) in [5, 5.41) is 20.1. The Labute approximate surface area is 146 Å². The summed E-state index contributed by atoms with van der Waals surface area (Å²) in [6, 6.07) is 7.78. The minimum Gasteiger partial charge on any atom is -0.508 e. The highest BCUT2D eigenvalue weighted by Crippen LogP contribution is 2.21. The first kappa shape index (κ1) is 16.8. The molecule has 2 aromatic rings. The lowest BCUT2D eigenvalue weighted by Crippen LogP contribution is -2.48. The van der Waals surface area contributed by atoms with E-state index in [2.05, 4.69) is 27.5 Å². The number of aromatic hydroxyl groups is 1. The molecule has 0 saturated heterocycles. The van der Waals surface area contributed by atoms with Crippen LogP contribution in [0.1, 0.15) is 16.7 Å². The van der Waals surface area contributed by atoms with Crippen molar-refractivity contribution in [2.75, 3.05) is 20.1 Å². The molecule has 6 heteroatoms. The Morgan fingerprint density at radius 3 is 3.08 bits per heavy atom. The van der Waals surface area contributed by atoms with E-state index in [0.717, 1.165) is 24.9 Å². The molecule has 1 aliphatic heterocycles. The number of hydrogen-bond acceptors (Lipinski definition) is 4. The zero-order chi connectivity index (χ0) is 16.9. The van der Waals surface area contributed by atoms with E-state index in [9.17, 15) is 9.90 Å². The average Bonchev–Trinajstić information content (AvgIpc) is 3.08. The minimum absolute atomic E-state index is 0.0384. The van der Waals surface area contributed by atoms with E-state index < -0.39 is 0 Å². The number of carbonyl (C=O) groups excluding carboxylic acids is 1. The number of fused-ring (bicyclic) bond motifs is 1. The standard InChI is InChI=1S/C18H23N3O2S/c1-21(18(23)19-6-4-13-5-7-24-12-13)11-16-8-14-2-3-17(22)9-15(14)10-20-16/h2-3,5,7,9,12,16,20,22H,4,6,8,10-11H2,1H3,(H,19,23). The van der Waals surface area contributed by atoms with Crippen LogP contribution < -0.4 is 10.6 Å². The van der Waals surface area contributed by atoms with Crippen molar-refractivity contribution in [2.24, 2.45) is 0 Å². The summed E-state index contributed by atoms with van der Waals surface area (Å²) in [5.74, 6) is 0.302. The number of thiophene rings is 1. The molecule has 1 unspecified atom stereocenters. The monoisotopic (exact) mass is 345 g/mol. The molecule has 1 aromatic heterocycles. The molecule has 5 nitrogen and oxygen atoms in total. The first-order valence-electron chi connectivity index (χ1n) is 8.16. The fourth-order valence-corrected chi connectivity index (χ4v) is 3.70. The number of likely N-dealkylation sites (N-methyl/N-ethyl adjacent to an activating group) is 1. The molecule has 1 aromatic carbocycles. The van der Waals surface area contributed by atoms with Gasteiger partial charge in [-0.2, -0.15) is 11.3 Å². The molecule has 2 amide bonds. The van der Waals surface area contributed by atoms with E-state index >= 15 is 0 Å². The number of rotatable bonds is 5. The van der Waals surface area contributed by atoms with Crippen LogP contribution in [0.5, 0.6) is 5.75 Å². The van der Waals surface area contributed by atoms with Crippen LogP contribution in [-0.4, -0.2) is 42.2 Å². The third-order valence-electron chi connectivity index (χ3n) is 4.35. The summed E-state index contributed by atoms with van der Waals surface area (Å²) in [6.07, 6.45) is 1.73. The second kappa shape index (κ2) is 7.68. The molecule has 2 heterocycles. The summed E-state index contributed by atoms with van der Waals surface area (Å²) in [4.78, 5) is 13.9. The van der Waals surface area contributed by atoms with E-state index in [0.29, 0.717) is 18.8 Å². The molecular weight excluding hydrogens is 322 g/mol. The number of benzene rings is 1. The Kier molecular flexibility index (Phi) is 5.37.